The van der Waals surface area contributed by atoms with E-state index in [2.05, 4.69) is 11.9 Å². The molecular formula is C16H23N3O3. The van der Waals surface area contributed by atoms with Gasteiger partial charge in [-0.05, 0) is 6.07 Å². The standard InChI is InChI=1S/C16H23N3O3/c1-5-10-19(15(20)11-17-16(21)18(2)3)12-13-8-6-7-9-14(13)22-4/h5-9H,1,10-12H2,2-4H3,(H,17,21). The fourth-order valence-corrected chi connectivity index (χ4v) is 1.87. The van der Waals surface area contributed by atoms with E-state index >= 15 is 0 Å². The maximum absolute atomic E-state index is 12.3. The molecule has 1 aromatic rings. The number of carbonyl (C=O) groups excluding carboxylic acids is 2. The highest BCUT2D eigenvalue weighted by molar-refractivity contribution is 5.84. The van der Waals surface area contributed by atoms with E-state index in [0.717, 1.165) is 11.3 Å². The molecule has 120 valence electrons. The van der Waals surface area contributed by atoms with E-state index in [-0.39, 0.29) is 18.5 Å². The molecule has 0 fully saturated rings. The van der Waals surface area contributed by atoms with Crippen molar-refractivity contribution >= 4 is 11.9 Å². The summed E-state index contributed by atoms with van der Waals surface area (Å²) in [6.45, 7) is 4.41. The lowest BCUT2D eigenvalue weighted by atomic mass is 10.2. The summed E-state index contributed by atoms with van der Waals surface area (Å²) in [4.78, 5) is 26.8. The summed E-state index contributed by atoms with van der Waals surface area (Å²) in [6, 6.07) is 7.21. The van der Waals surface area contributed by atoms with Crippen LogP contribution in [0.4, 0.5) is 4.79 Å². The third-order valence-corrected chi connectivity index (χ3v) is 3.05. The van der Waals surface area contributed by atoms with Gasteiger partial charge in [-0.3, -0.25) is 4.79 Å². The highest BCUT2D eigenvalue weighted by Crippen LogP contribution is 2.19. The van der Waals surface area contributed by atoms with Crippen LogP contribution in [0.15, 0.2) is 36.9 Å². The molecule has 6 heteroatoms. The molecule has 22 heavy (non-hydrogen) atoms. The van der Waals surface area contributed by atoms with E-state index < -0.39 is 0 Å². The molecule has 3 amide bonds. The van der Waals surface area contributed by atoms with E-state index in [4.69, 9.17) is 4.74 Å². The molecule has 6 nitrogen and oxygen atoms in total. The van der Waals surface area contributed by atoms with Crippen molar-refractivity contribution in [2.75, 3.05) is 34.3 Å². The molecule has 1 N–H and O–H groups in total. The summed E-state index contributed by atoms with van der Waals surface area (Å²) in [6.07, 6.45) is 1.65. The van der Waals surface area contributed by atoms with E-state index in [1.165, 1.54) is 4.90 Å². The van der Waals surface area contributed by atoms with Crippen LogP contribution in [0.2, 0.25) is 0 Å². The van der Waals surface area contributed by atoms with Crippen molar-refractivity contribution in [3.05, 3.63) is 42.5 Å². The number of hydrogen-bond acceptors (Lipinski definition) is 3. The second-order valence-electron chi connectivity index (χ2n) is 4.93. The van der Waals surface area contributed by atoms with Gasteiger partial charge in [0.05, 0.1) is 13.7 Å². The molecule has 1 aromatic carbocycles. The largest absolute Gasteiger partial charge is 0.496 e. The highest BCUT2D eigenvalue weighted by Gasteiger charge is 2.16. The van der Waals surface area contributed by atoms with Crippen LogP contribution in [-0.2, 0) is 11.3 Å². The average Bonchev–Trinajstić information content (AvgIpc) is 2.52. The van der Waals surface area contributed by atoms with Gasteiger partial charge in [-0.15, -0.1) is 6.58 Å². The van der Waals surface area contributed by atoms with Crippen molar-refractivity contribution < 1.29 is 14.3 Å². The number of rotatable bonds is 7. The summed E-state index contributed by atoms with van der Waals surface area (Å²) < 4.78 is 5.29. The van der Waals surface area contributed by atoms with E-state index in [0.29, 0.717) is 13.1 Å². The monoisotopic (exact) mass is 305 g/mol. The molecule has 0 heterocycles. The van der Waals surface area contributed by atoms with Crippen LogP contribution >= 0.6 is 0 Å². The first-order valence-electron chi connectivity index (χ1n) is 6.95. The Labute approximate surface area is 131 Å². The van der Waals surface area contributed by atoms with Gasteiger partial charge in [0.2, 0.25) is 5.91 Å². The van der Waals surface area contributed by atoms with Gasteiger partial charge in [0.15, 0.2) is 0 Å². The Balaban J connectivity index is 2.74. The maximum atomic E-state index is 12.3. The van der Waals surface area contributed by atoms with Crippen LogP contribution in [-0.4, -0.2) is 56.0 Å². The molecule has 0 aliphatic rings. The quantitative estimate of drug-likeness (QED) is 0.776. The Morgan fingerprint density at radius 2 is 2.00 bits per heavy atom. The van der Waals surface area contributed by atoms with Gasteiger partial charge in [0.25, 0.3) is 0 Å². The van der Waals surface area contributed by atoms with Gasteiger partial charge in [-0.1, -0.05) is 24.3 Å². The van der Waals surface area contributed by atoms with E-state index in [1.54, 1.807) is 32.2 Å². The molecule has 0 bridgehead atoms. The van der Waals surface area contributed by atoms with Crippen molar-refractivity contribution in [2.24, 2.45) is 0 Å². The minimum Gasteiger partial charge on any atom is -0.496 e. The average molecular weight is 305 g/mol. The first-order chi connectivity index (χ1) is 10.5. The zero-order valence-corrected chi connectivity index (χ0v) is 13.3. The topological polar surface area (TPSA) is 61.9 Å². The number of amides is 3. The molecule has 0 aliphatic heterocycles. The fraction of sp³-hybridized carbons (Fsp3) is 0.375. The summed E-state index contributed by atoms with van der Waals surface area (Å²) in [7, 11) is 4.84. The Kier molecular flexibility index (Phi) is 6.95. The van der Waals surface area contributed by atoms with Crippen LogP contribution in [0.1, 0.15) is 5.56 Å². The first-order valence-corrected chi connectivity index (χ1v) is 6.95. The van der Waals surface area contributed by atoms with Crippen molar-refractivity contribution in [3.63, 3.8) is 0 Å². The van der Waals surface area contributed by atoms with Crippen LogP contribution in [0.25, 0.3) is 0 Å². The number of benzene rings is 1. The number of urea groups is 1. The smallest absolute Gasteiger partial charge is 0.317 e. The molecule has 0 aliphatic carbocycles. The van der Waals surface area contributed by atoms with Gasteiger partial charge in [0.1, 0.15) is 5.75 Å². The van der Waals surface area contributed by atoms with Gasteiger partial charge in [-0.2, -0.15) is 0 Å². The third-order valence-electron chi connectivity index (χ3n) is 3.05. The molecule has 0 atom stereocenters. The SMILES string of the molecule is C=CCN(Cc1ccccc1OC)C(=O)CNC(=O)N(C)C. The number of nitrogens with one attached hydrogen (secondary N) is 1. The molecule has 0 saturated carbocycles. The Hall–Kier alpha value is -2.50. The van der Waals surface area contributed by atoms with Crippen LogP contribution < -0.4 is 10.1 Å². The summed E-state index contributed by atoms with van der Waals surface area (Å²) in [5.41, 5.74) is 0.902. The summed E-state index contributed by atoms with van der Waals surface area (Å²) >= 11 is 0. The predicted molar refractivity (Wildman–Crippen MR) is 85.7 cm³/mol. The van der Waals surface area contributed by atoms with Gasteiger partial charge in [-0.25, -0.2) is 4.79 Å². The molecule has 1 rings (SSSR count). The lowest BCUT2D eigenvalue weighted by molar-refractivity contribution is -0.130. The van der Waals surface area contributed by atoms with Gasteiger partial charge < -0.3 is 19.9 Å². The predicted octanol–water partition coefficient (Wildman–Crippen LogP) is 1.48. The number of nitrogens with zero attached hydrogens (tertiary/aromatic N) is 2. The minimum atomic E-state index is -0.302. The number of methoxy groups -OCH3 is 1. The van der Waals surface area contributed by atoms with Crippen LogP contribution in [0.5, 0.6) is 5.75 Å². The highest BCUT2D eigenvalue weighted by atomic mass is 16.5. The van der Waals surface area contributed by atoms with Crippen molar-refractivity contribution in [2.45, 2.75) is 6.54 Å². The second kappa shape index (κ2) is 8.71. The minimum absolute atomic E-state index is 0.0556. The lowest BCUT2D eigenvalue weighted by Gasteiger charge is -2.23. The summed E-state index contributed by atoms with van der Waals surface area (Å²) in [5, 5.41) is 2.57. The third kappa shape index (κ3) is 5.12. The zero-order chi connectivity index (χ0) is 16.5. The Bertz CT molecular complexity index is 529. The molecule has 0 radical (unpaired) electrons. The normalized spacial score (nSPS) is 9.77. The molecular weight excluding hydrogens is 282 g/mol. The van der Waals surface area contributed by atoms with Crippen molar-refractivity contribution in [1.29, 1.82) is 0 Å². The van der Waals surface area contributed by atoms with Crippen LogP contribution in [0, 0.1) is 0 Å². The molecule has 0 spiro atoms. The molecule has 0 aromatic heterocycles. The van der Waals surface area contributed by atoms with Crippen LogP contribution in [0.3, 0.4) is 0 Å². The Morgan fingerprint density at radius 1 is 1.32 bits per heavy atom. The second-order valence-corrected chi connectivity index (χ2v) is 4.93. The zero-order valence-electron chi connectivity index (χ0n) is 13.3. The number of carbonyl (C=O) groups is 2. The lowest BCUT2D eigenvalue weighted by Crippen LogP contribution is -2.43. The number of para-hydroxylation sites is 1. The van der Waals surface area contributed by atoms with Gasteiger partial charge >= 0.3 is 6.03 Å². The number of ether oxygens (including phenoxy) is 1. The Morgan fingerprint density at radius 3 is 2.59 bits per heavy atom. The fourth-order valence-electron chi connectivity index (χ4n) is 1.87. The van der Waals surface area contributed by atoms with E-state index in [9.17, 15) is 9.59 Å². The van der Waals surface area contributed by atoms with E-state index in [1.807, 2.05) is 24.3 Å². The number of hydrogen-bond donors (Lipinski definition) is 1. The molecule has 0 unspecified atom stereocenters. The maximum Gasteiger partial charge on any atom is 0.317 e. The van der Waals surface area contributed by atoms with Crippen molar-refractivity contribution in [3.8, 4) is 5.75 Å². The molecule has 0 saturated heterocycles. The van der Waals surface area contributed by atoms with Crippen molar-refractivity contribution in [1.82, 2.24) is 15.1 Å². The first kappa shape index (κ1) is 17.6. The summed E-state index contributed by atoms with van der Waals surface area (Å²) in [5.74, 6) is 0.544. The van der Waals surface area contributed by atoms with Gasteiger partial charge in [0, 0.05) is 32.7 Å².